The second-order valence-corrected chi connectivity index (χ2v) is 7.93. The molecular formula is C25H19N9O. The number of hydrogen-bond donors (Lipinski definition) is 3. The second-order valence-electron chi connectivity index (χ2n) is 7.93. The van der Waals surface area contributed by atoms with Crippen LogP contribution in [0.15, 0.2) is 67.5 Å². The third-order valence-corrected chi connectivity index (χ3v) is 5.71. The average Bonchev–Trinajstić information content (AvgIpc) is 3.53. The molecule has 0 saturated heterocycles. The van der Waals surface area contributed by atoms with Gasteiger partial charge in [-0.3, -0.25) is 19.9 Å². The summed E-state index contributed by atoms with van der Waals surface area (Å²) in [7, 11) is 0. The summed E-state index contributed by atoms with van der Waals surface area (Å²) in [5.41, 5.74) is 6.55. The third kappa shape index (κ3) is 3.76. The molecule has 6 heterocycles. The largest absolute Gasteiger partial charge is 0.335 e. The first kappa shape index (κ1) is 20.6. The lowest BCUT2D eigenvalue weighted by atomic mass is 10.1. The first-order valence-corrected chi connectivity index (χ1v) is 11.0. The monoisotopic (exact) mass is 461 g/mol. The Morgan fingerprint density at radius 3 is 2.60 bits per heavy atom. The van der Waals surface area contributed by atoms with Gasteiger partial charge in [0.2, 0.25) is 5.91 Å². The van der Waals surface area contributed by atoms with Crippen molar-refractivity contribution in [1.29, 1.82) is 0 Å². The zero-order valence-electron chi connectivity index (χ0n) is 18.6. The molecule has 0 spiro atoms. The van der Waals surface area contributed by atoms with E-state index in [9.17, 15) is 4.79 Å². The van der Waals surface area contributed by atoms with Crippen LogP contribution in [0.3, 0.4) is 0 Å². The topological polar surface area (TPSA) is 138 Å². The number of imidazole rings is 1. The minimum atomic E-state index is -0.0792. The van der Waals surface area contributed by atoms with Crippen LogP contribution >= 0.6 is 0 Å². The number of aromatic amines is 2. The molecule has 0 radical (unpaired) electrons. The van der Waals surface area contributed by atoms with E-state index in [-0.39, 0.29) is 5.91 Å². The van der Waals surface area contributed by atoms with Gasteiger partial charge in [0.15, 0.2) is 11.5 Å². The summed E-state index contributed by atoms with van der Waals surface area (Å²) in [5.74, 6) is 1.05. The van der Waals surface area contributed by atoms with E-state index < -0.39 is 0 Å². The highest BCUT2D eigenvalue weighted by Gasteiger charge is 2.17. The number of anilines is 1. The predicted octanol–water partition coefficient (Wildman–Crippen LogP) is 4.37. The quantitative estimate of drug-likeness (QED) is 0.346. The third-order valence-electron chi connectivity index (χ3n) is 5.71. The summed E-state index contributed by atoms with van der Waals surface area (Å²) in [5, 5.41) is 11.0. The number of nitrogens with one attached hydrogen (secondary N) is 3. The van der Waals surface area contributed by atoms with Gasteiger partial charge in [0, 0.05) is 54.1 Å². The number of H-pyrrole nitrogens is 2. The molecule has 0 aromatic carbocycles. The van der Waals surface area contributed by atoms with Gasteiger partial charge in [0.05, 0.1) is 22.6 Å². The molecule has 6 aromatic heterocycles. The summed E-state index contributed by atoms with van der Waals surface area (Å²) in [6.07, 6.45) is 10.9. The number of fused-ring (bicyclic) bond motifs is 2. The highest BCUT2D eigenvalue weighted by Crippen LogP contribution is 2.31. The normalized spacial score (nSPS) is 11.2. The lowest BCUT2D eigenvalue weighted by Gasteiger charge is -2.05. The number of amides is 1. The molecule has 0 aliphatic carbocycles. The van der Waals surface area contributed by atoms with Crippen molar-refractivity contribution in [3.63, 3.8) is 0 Å². The number of hydrogen-bond acceptors (Lipinski definition) is 7. The van der Waals surface area contributed by atoms with Crippen molar-refractivity contribution in [3.05, 3.63) is 67.5 Å². The van der Waals surface area contributed by atoms with Crippen molar-refractivity contribution in [3.8, 4) is 33.8 Å². The molecule has 0 bridgehead atoms. The Hall–Kier alpha value is -4.99. The molecule has 0 atom stereocenters. The molecular weight excluding hydrogens is 442 g/mol. The minimum absolute atomic E-state index is 0.0792. The molecule has 0 aliphatic rings. The fourth-order valence-electron chi connectivity index (χ4n) is 3.90. The van der Waals surface area contributed by atoms with Gasteiger partial charge in [0.1, 0.15) is 11.5 Å². The lowest BCUT2D eigenvalue weighted by molar-refractivity contribution is -0.115. The van der Waals surface area contributed by atoms with E-state index in [1.807, 2.05) is 24.3 Å². The standard InChI is InChI=1S/C25H19N9O/c1-2-21(35)31-20-4-3-15(10-28-20)16-9-17-23(33-34-24(17)29-11-16)25-30-19-13-27-12-18(22(19)32-25)14-5-7-26-8-6-14/h3-13H,2H2,1H3,(H,30,32)(H,28,31,35)(H,29,33,34). The number of rotatable bonds is 5. The van der Waals surface area contributed by atoms with Gasteiger partial charge in [-0.2, -0.15) is 5.10 Å². The van der Waals surface area contributed by atoms with Crippen LogP contribution in [0, 0.1) is 0 Å². The predicted molar refractivity (Wildman–Crippen MR) is 132 cm³/mol. The maximum absolute atomic E-state index is 11.6. The summed E-state index contributed by atoms with van der Waals surface area (Å²) in [4.78, 5) is 37.1. The Bertz CT molecular complexity index is 1670. The average molecular weight is 461 g/mol. The van der Waals surface area contributed by atoms with Crippen molar-refractivity contribution < 1.29 is 4.79 Å². The van der Waals surface area contributed by atoms with Crippen molar-refractivity contribution >= 4 is 33.8 Å². The molecule has 1 amide bonds. The smallest absolute Gasteiger partial charge is 0.225 e. The Morgan fingerprint density at radius 1 is 0.943 bits per heavy atom. The van der Waals surface area contributed by atoms with E-state index in [2.05, 4.69) is 40.4 Å². The molecule has 170 valence electrons. The van der Waals surface area contributed by atoms with E-state index >= 15 is 0 Å². The zero-order chi connectivity index (χ0) is 23.8. The molecule has 0 unspecified atom stereocenters. The molecule has 0 saturated carbocycles. The molecule has 6 rings (SSSR count). The van der Waals surface area contributed by atoms with Gasteiger partial charge >= 0.3 is 0 Å². The van der Waals surface area contributed by atoms with Crippen molar-refractivity contribution in [2.24, 2.45) is 0 Å². The highest BCUT2D eigenvalue weighted by molar-refractivity contribution is 5.96. The van der Waals surface area contributed by atoms with E-state index in [1.165, 1.54) is 0 Å². The van der Waals surface area contributed by atoms with Gasteiger partial charge in [-0.25, -0.2) is 15.0 Å². The van der Waals surface area contributed by atoms with Crippen LogP contribution < -0.4 is 5.32 Å². The molecule has 6 aromatic rings. The highest BCUT2D eigenvalue weighted by atomic mass is 16.1. The van der Waals surface area contributed by atoms with Crippen LogP contribution in [0.1, 0.15) is 13.3 Å². The van der Waals surface area contributed by atoms with Crippen LogP contribution in [0.25, 0.3) is 55.8 Å². The number of carbonyl (C=O) groups is 1. The number of pyridine rings is 4. The first-order valence-electron chi connectivity index (χ1n) is 11.0. The summed E-state index contributed by atoms with van der Waals surface area (Å²) < 4.78 is 0. The Kier molecular flexibility index (Phi) is 4.95. The summed E-state index contributed by atoms with van der Waals surface area (Å²) >= 11 is 0. The van der Waals surface area contributed by atoms with Crippen molar-refractivity contribution in [1.82, 2.24) is 40.1 Å². The van der Waals surface area contributed by atoms with Gasteiger partial charge < -0.3 is 10.3 Å². The van der Waals surface area contributed by atoms with Crippen LogP contribution in [0.2, 0.25) is 0 Å². The number of carbonyl (C=O) groups excluding carboxylic acids is 1. The fraction of sp³-hybridized carbons (Fsp3) is 0.0800. The maximum atomic E-state index is 11.6. The van der Waals surface area contributed by atoms with Gasteiger partial charge in [-0.1, -0.05) is 6.92 Å². The van der Waals surface area contributed by atoms with Crippen LogP contribution in [0.5, 0.6) is 0 Å². The van der Waals surface area contributed by atoms with Crippen molar-refractivity contribution in [2.45, 2.75) is 13.3 Å². The van der Waals surface area contributed by atoms with Crippen LogP contribution in [-0.2, 0) is 4.79 Å². The van der Waals surface area contributed by atoms with Gasteiger partial charge in [-0.15, -0.1) is 0 Å². The van der Waals surface area contributed by atoms with E-state index in [1.54, 1.807) is 50.2 Å². The van der Waals surface area contributed by atoms with E-state index in [0.717, 1.165) is 38.7 Å². The van der Waals surface area contributed by atoms with Crippen LogP contribution in [0.4, 0.5) is 5.82 Å². The fourth-order valence-corrected chi connectivity index (χ4v) is 3.90. The SMILES string of the molecule is CCC(=O)Nc1ccc(-c2cnc3[nH]nc(-c4nc5c(-c6ccncc6)cncc5[nH]4)c3c2)cn1. The zero-order valence-corrected chi connectivity index (χ0v) is 18.6. The van der Waals surface area contributed by atoms with E-state index in [0.29, 0.717) is 29.4 Å². The Morgan fingerprint density at radius 2 is 1.80 bits per heavy atom. The second kappa shape index (κ2) is 8.41. The van der Waals surface area contributed by atoms with E-state index in [4.69, 9.17) is 4.98 Å². The first-order chi connectivity index (χ1) is 17.2. The van der Waals surface area contributed by atoms with Crippen LogP contribution in [-0.4, -0.2) is 46.0 Å². The Labute approximate surface area is 198 Å². The molecule has 0 fully saturated rings. The lowest BCUT2D eigenvalue weighted by Crippen LogP contribution is -2.10. The molecule has 10 heteroatoms. The summed E-state index contributed by atoms with van der Waals surface area (Å²) in [6.45, 7) is 1.80. The van der Waals surface area contributed by atoms with Crippen molar-refractivity contribution in [2.75, 3.05) is 5.32 Å². The molecule has 0 aliphatic heterocycles. The molecule has 35 heavy (non-hydrogen) atoms. The van der Waals surface area contributed by atoms with Gasteiger partial charge in [-0.05, 0) is 35.9 Å². The number of nitrogens with zero attached hydrogens (tertiary/aromatic N) is 6. The summed E-state index contributed by atoms with van der Waals surface area (Å²) in [6, 6.07) is 9.53. The minimum Gasteiger partial charge on any atom is -0.335 e. The Balaban J connectivity index is 1.40. The van der Waals surface area contributed by atoms with Gasteiger partial charge in [0.25, 0.3) is 0 Å². The maximum Gasteiger partial charge on any atom is 0.225 e. The molecule has 3 N–H and O–H groups in total. The number of aromatic nitrogens is 8. The molecule has 10 nitrogen and oxygen atoms in total.